The Hall–Kier alpha value is -1.11. The molecular weight excluding hydrogens is 319 g/mol. The third kappa shape index (κ3) is 2.94. The van der Waals surface area contributed by atoms with Crippen LogP contribution >= 0.6 is 22.6 Å². The molecule has 0 aliphatic heterocycles. The topological polar surface area (TPSA) is 48.2 Å². The molecule has 1 heterocycles. The van der Waals surface area contributed by atoms with Crippen LogP contribution in [0, 0.1) is 3.57 Å². The van der Waals surface area contributed by atoms with E-state index in [1.807, 2.05) is 31.2 Å². The van der Waals surface area contributed by atoms with Gasteiger partial charge in [-0.2, -0.15) is 4.98 Å². The number of aromatic nitrogens is 2. The fraction of sp³-hybridized carbons (Fsp3) is 0.273. The average molecular weight is 330 g/mol. The average Bonchev–Trinajstić information content (AvgIpc) is 2.76. The highest BCUT2D eigenvalue weighted by atomic mass is 127. The third-order valence-corrected chi connectivity index (χ3v) is 2.72. The lowest BCUT2D eigenvalue weighted by molar-refractivity contribution is 0.242. The van der Waals surface area contributed by atoms with Crippen LogP contribution in [0.5, 0.6) is 5.75 Å². The highest BCUT2D eigenvalue weighted by Crippen LogP contribution is 2.14. The van der Waals surface area contributed by atoms with E-state index in [1.165, 1.54) is 3.57 Å². The Morgan fingerprint density at radius 2 is 2.06 bits per heavy atom. The summed E-state index contributed by atoms with van der Waals surface area (Å²) in [6.07, 6.45) is 0.771. The van der Waals surface area contributed by atoms with Crippen LogP contribution in [0.2, 0.25) is 0 Å². The normalized spacial score (nSPS) is 10.4. The number of rotatable bonds is 4. The van der Waals surface area contributed by atoms with Gasteiger partial charge in [-0.05, 0) is 46.9 Å². The number of aryl methyl sites for hydroxylation is 1. The SMILES string of the molecule is CCc1noc(COc2ccc(I)cc2)n1. The molecule has 0 unspecified atom stereocenters. The molecule has 0 aliphatic rings. The van der Waals surface area contributed by atoms with Crippen molar-refractivity contribution >= 4 is 22.6 Å². The molecule has 84 valence electrons. The van der Waals surface area contributed by atoms with Gasteiger partial charge in [-0.3, -0.25) is 0 Å². The maximum absolute atomic E-state index is 5.51. The third-order valence-electron chi connectivity index (χ3n) is 2.00. The smallest absolute Gasteiger partial charge is 0.264 e. The van der Waals surface area contributed by atoms with Gasteiger partial charge in [-0.1, -0.05) is 12.1 Å². The highest BCUT2D eigenvalue weighted by molar-refractivity contribution is 14.1. The molecule has 0 fully saturated rings. The highest BCUT2D eigenvalue weighted by Gasteiger charge is 2.04. The van der Waals surface area contributed by atoms with Crippen LogP contribution in [0.1, 0.15) is 18.6 Å². The Bertz CT molecular complexity index is 453. The van der Waals surface area contributed by atoms with Gasteiger partial charge in [0.1, 0.15) is 5.75 Å². The maximum atomic E-state index is 5.51. The first-order valence-electron chi connectivity index (χ1n) is 4.97. The molecule has 4 nitrogen and oxygen atoms in total. The second kappa shape index (κ2) is 5.29. The molecular formula is C11H11IN2O2. The summed E-state index contributed by atoms with van der Waals surface area (Å²) in [5.41, 5.74) is 0. The summed E-state index contributed by atoms with van der Waals surface area (Å²) in [6, 6.07) is 7.81. The summed E-state index contributed by atoms with van der Waals surface area (Å²) >= 11 is 2.25. The van der Waals surface area contributed by atoms with Crippen LogP contribution in [0.25, 0.3) is 0 Å². The summed E-state index contributed by atoms with van der Waals surface area (Å²) in [5.74, 6) is 2.02. The monoisotopic (exact) mass is 330 g/mol. The number of benzene rings is 1. The quantitative estimate of drug-likeness (QED) is 0.809. The molecule has 0 radical (unpaired) electrons. The van der Waals surface area contributed by atoms with Gasteiger partial charge in [0.15, 0.2) is 12.4 Å². The standard InChI is InChI=1S/C11H11IN2O2/c1-2-10-13-11(16-14-10)7-15-9-5-3-8(12)4-6-9/h3-6H,2,7H2,1H3. The van der Waals surface area contributed by atoms with E-state index in [0.717, 1.165) is 12.2 Å². The van der Waals surface area contributed by atoms with Crippen molar-refractivity contribution < 1.29 is 9.26 Å². The first kappa shape index (κ1) is 11.4. The number of ether oxygens (including phenoxy) is 1. The lowest BCUT2D eigenvalue weighted by Crippen LogP contribution is -1.95. The molecule has 0 amide bonds. The van der Waals surface area contributed by atoms with E-state index < -0.39 is 0 Å². The summed E-state index contributed by atoms with van der Waals surface area (Å²) in [4.78, 5) is 4.16. The van der Waals surface area contributed by atoms with E-state index in [9.17, 15) is 0 Å². The van der Waals surface area contributed by atoms with Gasteiger partial charge in [0.05, 0.1) is 0 Å². The maximum Gasteiger partial charge on any atom is 0.264 e. The number of hydrogen-bond donors (Lipinski definition) is 0. The van der Waals surface area contributed by atoms with Crippen LogP contribution in [0.15, 0.2) is 28.8 Å². The number of hydrogen-bond acceptors (Lipinski definition) is 4. The molecule has 0 saturated heterocycles. The summed E-state index contributed by atoms with van der Waals surface area (Å²) in [7, 11) is 0. The molecule has 1 aromatic carbocycles. The van der Waals surface area contributed by atoms with Crippen LogP contribution < -0.4 is 4.74 Å². The van der Waals surface area contributed by atoms with E-state index in [2.05, 4.69) is 32.7 Å². The largest absolute Gasteiger partial charge is 0.484 e. The Morgan fingerprint density at radius 1 is 1.31 bits per heavy atom. The summed E-state index contributed by atoms with van der Waals surface area (Å²) in [5, 5.41) is 3.79. The zero-order chi connectivity index (χ0) is 11.4. The minimum atomic E-state index is 0.313. The van der Waals surface area contributed by atoms with E-state index in [0.29, 0.717) is 18.3 Å². The van der Waals surface area contributed by atoms with Gasteiger partial charge in [0, 0.05) is 9.99 Å². The van der Waals surface area contributed by atoms with Gasteiger partial charge in [0.2, 0.25) is 0 Å². The van der Waals surface area contributed by atoms with Gasteiger partial charge in [-0.25, -0.2) is 0 Å². The molecule has 1 aromatic heterocycles. The Morgan fingerprint density at radius 3 is 2.69 bits per heavy atom. The van der Waals surface area contributed by atoms with Crippen LogP contribution in [0.3, 0.4) is 0 Å². The molecule has 0 aliphatic carbocycles. The predicted octanol–water partition coefficient (Wildman–Crippen LogP) is 2.82. The molecule has 0 spiro atoms. The van der Waals surface area contributed by atoms with Crippen LogP contribution in [-0.4, -0.2) is 10.1 Å². The minimum absolute atomic E-state index is 0.313. The molecule has 16 heavy (non-hydrogen) atoms. The molecule has 0 atom stereocenters. The van der Waals surface area contributed by atoms with Gasteiger partial charge in [0.25, 0.3) is 5.89 Å². The minimum Gasteiger partial charge on any atom is -0.484 e. The van der Waals surface area contributed by atoms with E-state index >= 15 is 0 Å². The predicted molar refractivity (Wildman–Crippen MR) is 67.2 cm³/mol. The Labute approximate surface area is 107 Å². The Kier molecular flexibility index (Phi) is 3.76. The molecule has 2 rings (SSSR count). The molecule has 5 heteroatoms. The fourth-order valence-electron chi connectivity index (χ4n) is 1.17. The second-order valence-corrected chi connectivity index (χ2v) is 4.45. The van der Waals surface area contributed by atoms with Crippen molar-refractivity contribution in [2.45, 2.75) is 20.0 Å². The van der Waals surface area contributed by atoms with Crippen molar-refractivity contribution in [3.8, 4) is 5.75 Å². The van der Waals surface area contributed by atoms with E-state index in [-0.39, 0.29) is 0 Å². The van der Waals surface area contributed by atoms with Gasteiger partial charge in [-0.15, -0.1) is 0 Å². The molecule has 0 N–H and O–H groups in total. The molecule has 0 saturated carbocycles. The van der Waals surface area contributed by atoms with Gasteiger partial charge < -0.3 is 9.26 Å². The van der Waals surface area contributed by atoms with Crippen molar-refractivity contribution in [2.24, 2.45) is 0 Å². The fourth-order valence-corrected chi connectivity index (χ4v) is 1.53. The Balaban J connectivity index is 1.94. The van der Waals surface area contributed by atoms with E-state index in [4.69, 9.17) is 9.26 Å². The van der Waals surface area contributed by atoms with Crippen LogP contribution in [-0.2, 0) is 13.0 Å². The van der Waals surface area contributed by atoms with Gasteiger partial charge >= 0.3 is 0 Å². The lowest BCUT2D eigenvalue weighted by atomic mass is 10.3. The number of halogens is 1. The first-order chi connectivity index (χ1) is 7.78. The lowest BCUT2D eigenvalue weighted by Gasteiger charge is -2.02. The zero-order valence-corrected chi connectivity index (χ0v) is 11.0. The zero-order valence-electron chi connectivity index (χ0n) is 8.81. The van der Waals surface area contributed by atoms with Crippen molar-refractivity contribution in [3.63, 3.8) is 0 Å². The van der Waals surface area contributed by atoms with Crippen molar-refractivity contribution in [1.82, 2.24) is 10.1 Å². The van der Waals surface area contributed by atoms with Crippen molar-refractivity contribution in [3.05, 3.63) is 39.6 Å². The molecule has 0 bridgehead atoms. The number of nitrogens with zero attached hydrogens (tertiary/aromatic N) is 2. The second-order valence-electron chi connectivity index (χ2n) is 3.20. The van der Waals surface area contributed by atoms with Crippen LogP contribution in [0.4, 0.5) is 0 Å². The molecule has 2 aromatic rings. The van der Waals surface area contributed by atoms with E-state index in [1.54, 1.807) is 0 Å². The van der Waals surface area contributed by atoms with Crippen molar-refractivity contribution in [1.29, 1.82) is 0 Å². The first-order valence-corrected chi connectivity index (χ1v) is 6.05. The summed E-state index contributed by atoms with van der Waals surface area (Å²) < 4.78 is 11.7. The van der Waals surface area contributed by atoms with Crippen molar-refractivity contribution in [2.75, 3.05) is 0 Å². The summed E-state index contributed by atoms with van der Waals surface area (Å²) in [6.45, 7) is 2.29.